The number of carboxylic acid groups (broad SMARTS) is 1. The van der Waals surface area contributed by atoms with Gasteiger partial charge in [0.15, 0.2) is 0 Å². The maximum Gasteiger partial charge on any atom is 0.303 e. The van der Waals surface area contributed by atoms with Gasteiger partial charge >= 0.3 is 5.97 Å². The third-order valence-corrected chi connectivity index (χ3v) is 3.86. The van der Waals surface area contributed by atoms with Crippen molar-refractivity contribution in [1.29, 1.82) is 0 Å². The number of hydrogen-bond donors (Lipinski definition) is 2. The zero-order valence-electron chi connectivity index (χ0n) is 13.8. The van der Waals surface area contributed by atoms with Crippen molar-refractivity contribution in [3.05, 3.63) is 59.7 Å². The molecule has 5 nitrogen and oxygen atoms in total. The van der Waals surface area contributed by atoms with Gasteiger partial charge in [-0.1, -0.05) is 24.3 Å². The number of hydrogen-bond acceptors (Lipinski definition) is 3. The molecule has 0 heterocycles. The van der Waals surface area contributed by atoms with Gasteiger partial charge in [0.2, 0.25) is 5.91 Å². The highest BCUT2D eigenvalue weighted by Gasteiger charge is 2.15. The van der Waals surface area contributed by atoms with Crippen molar-refractivity contribution in [3.8, 4) is 5.75 Å². The number of benzene rings is 2. The van der Waals surface area contributed by atoms with Crippen molar-refractivity contribution in [1.82, 2.24) is 0 Å². The van der Waals surface area contributed by atoms with Crippen LogP contribution in [0.3, 0.4) is 0 Å². The number of carboxylic acids is 1. The SMILES string of the molecule is COc1ccc(C(C)C(=O)Nc2ccc(CCC(=O)O)cc2)cc1. The largest absolute Gasteiger partial charge is 0.497 e. The van der Waals surface area contributed by atoms with Crippen LogP contribution in [-0.2, 0) is 16.0 Å². The van der Waals surface area contributed by atoms with E-state index in [4.69, 9.17) is 9.84 Å². The van der Waals surface area contributed by atoms with Gasteiger partial charge in [-0.3, -0.25) is 9.59 Å². The highest BCUT2D eigenvalue weighted by Crippen LogP contribution is 2.21. The molecular weight excluding hydrogens is 306 g/mol. The third kappa shape index (κ3) is 4.84. The molecule has 0 fully saturated rings. The Labute approximate surface area is 141 Å². The van der Waals surface area contributed by atoms with Gasteiger partial charge in [-0.25, -0.2) is 0 Å². The van der Waals surface area contributed by atoms with Crippen molar-refractivity contribution in [2.24, 2.45) is 0 Å². The van der Waals surface area contributed by atoms with Gasteiger partial charge in [0.05, 0.1) is 13.0 Å². The van der Waals surface area contributed by atoms with E-state index in [1.54, 1.807) is 19.2 Å². The number of carbonyl (C=O) groups excluding carboxylic acids is 1. The zero-order valence-corrected chi connectivity index (χ0v) is 13.8. The third-order valence-electron chi connectivity index (χ3n) is 3.86. The molecule has 2 aromatic carbocycles. The van der Waals surface area contributed by atoms with Crippen molar-refractivity contribution < 1.29 is 19.4 Å². The molecule has 0 saturated heterocycles. The fourth-order valence-corrected chi connectivity index (χ4v) is 2.30. The molecule has 1 amide bonds. The minimum absolute atomic E-state index is 0.0974. The normalized spacial score (nSPS) is 11.6. The van der Waals surface area contributed by atoms with E-state index in [9.17, 15) is 9.59 Å². The number of nitrogens with one attached hydrogen (secondary N) is 1. The Morgan fingerprint density at radius 1 is 1.08 bits per heavy atom. The molecular formula is C19H21NO4. The van der Waals surface area contributed by atoms with E-state index in [0.29, 0.717) is 12.1 Å². The first-order chi connectivity index (χ1) is 11.5. The van der Waals surface area contributed by atoms with Gasteiger partial charge < -0.3 is 15.2 Å². The molecule has 2 N–H and O–H groups in total. The molecule has 0 aliphatic rings. The summed E-state index contributed by atoms with van der Waals surface area (Å²) < 4.78 is 5.11. The number of ether oxygens (including phenoxy) is 1. The topological polar surface area (TPSA) is 75.6 Å². The van der Waals surface area contributed by atoms with Crippen LogP contribution >= 0.6 is 0 Å². The molecule has 126 valence electrons. The van der Waals surface area contributed by atoms with Gasteiger partial charge in [0, 0.05) is 12.1 Å². The van der Waals surface area contributed by atoms with E-state index < -0.39 is 5.97 Å². The second kappa shape index (κ2) is 8.15. The minimum Gasteiger partial charge on any atom is -0.497 e. The maximum atomic E-state index is 12.3. The Bertz CT molecular complexity index is 692. The van der Waals surface area contributed by atoms with Gasteiger partial charge in [0.1, 0.15) is 5.75 Å². The Morgan fingerprint density at radius 3 is 2.25 bits per heavy atom. The summed E-state index contributed by atoms with van der Waals surface area (Å²) in [6.45, 7) is 1.85. The molecule has 2 rings (SSSR count). The summed E-state index contributed by atoms with van der Waals surface area (Å²) in [6, 6.07) is 14.6. The Kier molecular flexibility index (Phi) is 5.95. The van der Waals surface area contributed by atoms with E-state index in [1.165, 1.54) is 0 Å². The van der Waals surface area contributed by atoms with E-state index in [0.717, 1.165) is 16.9 Å². The first kappa shape index (κ1) is 17.5. The molecule has 0 bridgehead atoms. The number of methoxy groups -OCH3 is 1. The average Bonchev–Trinajstić information content (AvgIpc) is 2.60. The lowest BCUT2D eigenvalue weighted by atomic mass is 10.00. The summed E-state index contributed by atoms with van der Waals surface area (Å²) in [4.78, 5) is 22.9. The number of carbonyl (C=O) groups is 2. The quantitative estimate of drug-likeness (QED) is 0.816. The molecule has 2 aromatic rings. The van der Waals surface area contributed by atoms with Crippen molar-refractivity contribution >= 4 is 17.6 Å². The van der Waals surface area contributed by atoms with Crippen LogP contribution in [0.4, 0.5) is 5.69 Å². The van der Waals surface area contributed by atoms with Crippen LogP contribution < -0.4 is 10.1 Å². The van der Waals surface area contributed by atoms with Crippen LogP contribution in [0.2, 0.25) is 0 Å². The van der Waals surface area contributed by atoms with Crippen LogP contribution in [0, 0.1) is 0 Å². The highest BCUT2D eigenvalue weighted by molar-refractivity contribution is 5.95. The van der Waals surface area contributed by atoms with E-state index in [-0.39, 0.29) is 18.2 Å². The second-order valence-electron chi connectivity index (χ2n) is 5.57. The van der Waals surface area contributed by atoms with Crippen LogP contribution in [0.5, 0.6) is 5.75 Å². The van der Waals surface area contributed by atoms with E-state index in [1.807, 2.05) is 43.3 Å². The minimum atomic E-state index is -0.819. The molecule has 0 radical (unpaired) electrons. The Balaban J connectivity index is 1.96. The van der Waals surface area contributed by atoms with Gasteiger partial charge in [-0.15, -0.1) is 0 Å². The number of amides is 1. The Hall–Kier alpha value is -2.82. The molecule has 24 heavy (non-hydrogen) atoms. The van der Waals surface area contributed by atoms with E-state index >= 15 is 0 Å². The standard InChI is InChI=1S/C19H21NO4/c1-13(15-6-10-17(24-2)11-7-15)19(23)20-16-8-3-14(4-9-16)5-12-18(21)22/h3-4,6-11,13H,5,12H2,1-2H3,(H,20,23)(H,21,22). The molecule has 0 spiro atoms. The lowest BCUT2D eigenvalue weighted by molar-refractivity contribution is -0.137. The smallest absolute Gasteiger partial charge is 0.303 e. The number of rotatable bonds is 7. The lowest BCUT2D eigenvalue weighted by Gasteiger charge is -2.13. The number of aliphatic carboxylic acids is 1. The second-order valence-corrected chi connectivity index (χ2v) is 5.57. The predicted octanol–water partition coefficient (Wildman–Crippen LogP) is 3.45. The van der Waals surface area contributed by atoms with Gasteiger partial charge in [-0.05, 0) is 48.7 Å². The lowest BCUT2D eigenvalue weighted by Crippen LogP contribution is -2.18. The summed E-state index contributed by atoms with van der Waals surface area (Å²) in [7, 11) is 1.60. The van der Waals surface area contributed by atoms with Crippen LogP contribution in [0.25, 0.3) is 0 Å². The molecule has 5 heteroatoms. The van der Waals surface area contributed by atoms with E-state index in [2.05, 4.69) is 5.32 Å². The predicted molar refractivity (Wildman–Crippen MR) is 92.4 cm³/mol. The summed E-state index contributed by atoms with van der Waals surface area (Å²) in [5.74, 6) is -0.454. The first-order valence-corrected chi connectivity index (χ1v) is 7.75. The first-order valence-electron chi connectivity index (χ1n) is 7.75. The number of anilines is 1. The summed E-state index contributed by atoms with van der Waals surface area (Å²) in [5, 5.41) is 11.6. The Morgan fingerprint density at radius 2 is 1.71 bits per heavy atom. The molecule has 1 unspecified atom stereocenters. The van der Waals surface area contributed by atoms with Crippen LogP contribution in [-0.4, -0.2) is 24.1 Å². The van der Waals surface area contributed by atoms with Crippen molar-refractivity contribution in [3.63, 3.8) is 0 Å². The van der Waals surface area contributed by atoms with Crippen molar-refractivity contribution in [2.45, 2.75) is 25.7 Å². The van der Waals surface area contributed by atoms with Gasteiger partial charge in [-0.2, -0.15) is 0 Å². The molecule has 0 aliphatic heterocycles. The fraction of sp³-hybridized carbons (Fsp3) is 0.263. The fourth-order valence-electron chi connectivity index (χ4n) is 2.30. The highest BCUT2D eigenvalue weighted by atomic mass is 16.5. The van der Waals surface area contributed by atoms with Crippen LogP contribution in [0.1, 0.15) is 30.4 Å². The molecule has 0 aliphatic carbocycles. The molecule has 0 saturated carbocycles. The zero-order chi connectivity index (χ0) is 17.5. The summed E-state index contributed by atoms with van der Waals surface area (Å²) in [5.41, 5.74) is 2.53. The maximum absolute atomic E-state index is 12.3. The monoisotopic (exact) mass is 327 g/mol. The number of aryl methyl sites for hydroxylation is 1. The molecule has 1 atom stereocenters. The van der Waals surface area contributed by atoms with Crippen LogP contribution in [0.15, 0.2) is 48.5 Å². The summed E-state index contributed by atoms with van der Waals surface area (Å²) in [6.07, 6.45) is 0.575. The summed E-state index contributed by atoms with van der Waals surface area (Å²) >= 11 is 0. The molecule has 0 aromatic heterocycles. The van der Waals surface area contributed by atoms with Gasteiger partial charge in [0.25, 0.3) is 0 Å². The average molecular weight is 327 g/mol. The van der Waals surface area contributed by atoms with Crippen molar-refractivity contribution in [2.75, 3.05) is 12.4 Å².